The van der Waals surface area contributed by atoms with E-state index < -0.39 is 0 Å². The molecular weight excluding hydrogens is 576 g/mol. The summed E-state index contributed by atoms with van der Waals surface area (Å²) in [6.45, 7) is 18.4. The summed E-state index contributed by atoms with van der Waals surface area (Å²) in [6.07, 6.45) is 6.17. The monoisotopic (exact) mass is 636 g/mol. The molecule has 46 heavy (non-hydrogen) atoms. The number of hydrogen-bond donors (Lipinski definition) is 1. The van der Waals surface area contributed by atoms with E-state index in [1.165, 1.54) is 7.11 Å². The fourth-order valence-electron chi connectivity index (χ4n) is 3.84. The van der Waals surface area contributed by atoms with Gasteiger partial charge < -0.3 is 24.4 Å². The first-order valence-electron chi connectivity index (χ1n) is 16.6. The molecule has 0 saturated carbocycles. The number of amides is 1. The molecule has 0 aliphatic heterocycles. The highest BCUT2D eigenvalue weighted by Gasteiger charge is 2.14. The lowest BCUT2D eigenvalue weighted by Gasteiger charge is -2.18. The van der Waals surface area contributed by atoms with Crippen molar-refractivity contribution in [2.75, 3.05) is 34.9 Å². The van der Waals surface area contributed by atoms with E-state index in [0.717, 1.165) is 40.5 Å². The zero-order chi connectivity index (χ0) is 35.5. The van der Waals surface area contributed by atoms with E-state index in [1.54, 1.807) is 31.4 Å². The van der Waals surface area contributed by atoms with Crippen molar-refractivity contribution in [1.29, 1.82) is 0 Å². The number of methoxy groups -OCH3 is 2. The van der Waals surface area contributed by atoms with Crippen molar-refractivity contribution in [3.05, 3.63) is 89.8 Å². The molecule has 0 aromatic heterocycles. The highest BCUT2D eigenvalue weighted by molar-refractivity contribution is 5.94. The number of hydrogen-bond acceptors (Lipinski definition) is 6. The first-order valence-corrected chi connectivity index (χ1v) is 16.6. The van der Waals surface area contributed by atoms with Gasteiger partial charge in [0.2, 0.25) is 0 Å². The summed E-state index contributed by atoms with van der Waals surface area (Å²) >= 11 is 0. The number of carbonyl (C=O) groups excluding carboxylic acids is 2. The maximum Gasteiger partial charge on any atom is 0.307 e. The van der Waals surface area contributed by atoms with Gasteiger partial charge in [0, 0.05) is 38.0 Å². The number of esters is 1. The molecule has 0 saturated heterocycles. The number of unbranched alkanes of at least 4 members (excludes halogenated alkanes) is 1. The van der Waals surface area contributed by atoms with Crippen LogP contribution in [0.4, 0.5) is 0 Å². The van der Waals surface area contributed by atoms with Gasteiger partial charge in [0.25, 0.3) is 5.91 Å². The lowest BCUT2D eigenvalue weighted by molar-refractivity contribution is -0.140. The van der Waals surface area contributed by atoms with E-state index in [2.05, 4.69) is 47.3 Å². The van der Waals surface area contributed by atoms with Crippen molar-refractivity contribution < 1.29 is 23.8 Å². The second-order valence-corrected chi connectivity index (χ2v) is 9.00. The standard InChI is InChI=1S/C31H36N2O5.4C2H6/c1-6-7-8-28(25-10-9-24-20-27(36-4)16-13-23(24)19-25)29(21-33(2)3)38-26-14-11-22(12-15-26)31(35)32-18-17-30(34)37-5;4*1-2/h8-16,19-21H,6-7,17-18H2,1-5H3,(H,32,35);4*1-2H3/b28-8?,29-21+;;;;. The van der Waals surface area contributed by atoms with E-state index >= 15 is 0 Å². The van der Waals surface area contributed by atoms with Crippen molar-refractivity contribution in [3.63, 3.8) is 0 Å². The first kappa shape index (κ1) is 43.9. The fraction of sp³-hybridized carbons (Fsp3) is 0.436. The van der Waals surface area contributed by atoms with Crippen LogP contribution in [0.25, 0.3) is 16.3 Å². The molecule has 0 aliphatic rings. The predicted molar refractivity (Wildman–Crippen MR) is 197 cm³/mol. The Morgan fingerprint density at radius 2 is 1.30 bits per heavy atom. The molecule has 0 spiro atoms. The lowest BCUT2D eigenvalue weighted by Crippen LogP contribution is -2.26. The van der Waals surface area contributed by atoms with Crippen molar-refractivity contribution in [2.45, 2.75) is 81.6 Å². The van der Waals surface area contributed by atoms with Gasteiger partial charge >= 0.3 is 5.97 Å². The lowest BCUT2D eigenvalue weighted by atomic mass is 9.98. The van der Waals surface area contributed by atoms with Crippen LogP contribution in [-0.4, -0.2) is 51.6 Å². The third kappa shape index (κ3) is 15.6. The quantitative estimate of drug-likeness (QED) is 0.121. The van der Waals surface area contributed by atoms with Crippen LogP contribution < -0.4 is 14.8 Å². The van der Waals surface area contributed by atoms with Crippen LogP contribution in [0.15, 0.2) is 78.7 Å². The molecule has 0 fully saturated rings. The van der Waals surface area contributed by atoms with Crippen LogP contribution in [-0.2, 0) is 9.53 Å². The Balaban J connectivity index is 0. The summed E-state index contributed by atoms with van der Waals surface area (Å²) < 4.78 is 16.4. The molecule has 7 nitrogen and oxygen atoms in total. The first-order chi connectivity index (χ1) is 22.3. The SMILES string of the molecule is CC.CC.CC.CC.CCCC=C(/C(=C\N(C)C)Oc1ccc(C(=O)NCCC(=O)OC)cc1)c1ccc2cc(OC)ccc2c1. The summed E-state index contributed by atoms with van der Waals surface area (Å²) in [7, 11) is 6.90. The van der Waals surface area contributed by atoms with Gasteiger partial charge in [-0.2, -0.15) is 0 Å². The maximum absolute atomic E-state index is 12.4. The van der Waals surface area contributed by atoms with Crippen LogP contribution in [0.2, 0.25) is 0 Å². The zero-order valence-corrected chi connectivity index (χ0v) is 30.7. The Labute approximate surface area is 279 Å². The Hall–Kier alpha value is -4.26. The maximum atomic E-state index is 12.4. The van der Waals surface area contributed by atoms with Gasteiger partial charge in [-0.05, 0) is 65.2 Å². The van der Waals surface area contributed by atoms with Gasteiger partial charge in [0.15, 0.2) is 5.76 Å². The van der Waals surface area contributed by atoms with Gasteiger partial charge in [-0.15, -0.1) is 0 Å². The van der Waals surface area contributed by atoms with Crippen molar-refractivity contribution in [2.24, 2.45) is 0 Å². The van der Waals surface area contributed by atoms with E-state index in [4.69, 9.17) is 9.47 Å². The Kier molecular flexibility index (Phi) is 25.8. The molecule has 3 aromatic carbocycles. The van der Waals surface area contributed by atoms with Crippen LogP contribution in [0.1, 0.15) is 97.5 Å². The second-order valence-electron chi connectivity index (χ2n) is 9.00. The molecule has 3 aromatic rings. The third-order valence-corrected chi connectivity index (χ3v) is 5.82. The number of allylic oxidation sites excluding steroid dienone is 2. The van der Waals surface area contributed by atoms with Crippen molar-refractivity contribution in [3.8, 4) is 11.5 Å². The van der Waals surface area contributed by atoms with Crippen LogP contribution in [0, 0.1) is 0 Å². The average Bonchev–Trinajstić information content (AvgIpc) is 3.11. The van der Waals surface area contributed by atoms with E-state index in [9.17, 15) is 9.59 Å². The summed E-state index contributed by atoms with van der Waals surface area (Å²) in [5.74, 6) is 1.50. The second kappa shape index (κ2) is 27.1. The average molecular weight is 637 g/mol. The molecule has 0 atom stereocenters. The van der Waals surface area contributed by atoms with E-state index in [0.29, 0.717) is 17.1 Å². The molecule has 0 unspecified atom stereocenters. The minimum absolute atomic E-state index is 0.122. The fourth-order valence-corrected chi connectivity index (χ4v) is 3.84. The smallest absolute Gasteiger partial charge is 0.307 e. The topological polar surface area (TPSA) is 77.1 Å². The van der Waals surface area contributed by atoms with Crippen molar-refractivity contribution in [1.82, 2.24) is 10.2 Å². The molecule has 0 aliphatic carbocycles. The molecule has 7 heteroatoms. The van der Waals surface area contributed by atoms with Gasteiger partial charge in [0.05, 0.1) is 20.6 Å². The number of fused-ring (bicyclic) bond motifs is 1. The number of ether oxygens (including phenoxy) is 3. The Bertz CT molecular complexity index is 1310. The number of nitrogens with zero attached hydrogens (tertiary/aromatic N) is 1. The van der Waals surface area contributed by atoms with Gasteiger partial charge in [-0.1, -0.05) is 93.0 Å². The molecule has 1 amide bonds. The number of nitrogens with one attached hydrogen (secondary N) is 1. The van der Waals surface area contributed by atoms with Crippen LogP contribution >= 0.6 is 0 Å². The van der Waals surface area contributed by atoms with E-state index in [-0.39, 0.29) is 24.8 Å². The minimum atomic E-state index is -0.368. The molecule has 256 valence electrons. The van der Waals surface area contributed by atoms with Crippen molar-refractivity contribution >= 4 is 28.2 Å². The van der Waals surface area contributed by atoms with Crippen LogP contribution in [0.3, 0.4) is 0 Å². The molecule has 1 N–H and O–H groups in total. The number of rotatable bonds is 12. The summed E-state index contributed by atoms with van der Waals surface area (Å²) in [5.41, 5.74) is 2.51. The Morgan fingerprint density at radius 1 is 0.761 bits per heavy atom. The predicted octanol–water partition coefficient (Wildman–Crippen LogP) is 9.91. The number of carbonyl (C=O) groups is 2. The summed E-state index contributed by atoms with van der Waals surface area (Å²) in [4.78, 5) is 25.6. The molecule has 0 heterocycles. The number of benzene rings is 3. The van der Waals surface area contributed by atoms with E-state index in [1.807, 2.05) is 92.7 Å². The molecular formula is C39H60N2O5. The van der Waals surface area contributed by atoms with Gasteiger partial charge in [0.1, 0.15) is 11.5 Å². The normalized spacial score (nSPS) is 10.2. The summed E-state index contributed by atoms with van der Waals surface area (Å²) in [5, 5.41) is 4.93. The largest absolute Gasteiger partial charge is 0.497 e. The highest BCUT2D eigenvalue weighted by Crippen LogP contribution is 2.31. The van der Waals surface area contributed by atoms with Gasteiger partial charge in [-0.3, -0.25) is 9.59 Å². The summed E-state index contributed by atoms with van der Waals surface area (Å²) in [6, 6.07) is 19.3. The minimum Gasteiger partial charge on any atom is -0.497 e. The van der Waals surface area contributed by atoms with Crippen LogP contribution in [0.5, 0.6) is 11.5 Å². The third-order valence-electron chi connectivity index (χ3n) is 5.82. The zero-order valence-electron chi connectivity index (χ0n) is 30.7. The molecule has 3 rings (SSSR count). The molecule has 0 bridgehead atoms. The molecule has 0 radical (unpaired) electrons. The van der Waals surface area contributed by atoms with Gasteiger partial charge in [-0.25, -0.2) is 0 Å². The highest BCUT2D eigenvalue weighted by atomic mass is 16.5. The Morgan fingerprint density at radius 3 is 1.85 bits per heavy atom.